The van der Waals surface area contributed by atoms with Crippen LogP contribution < -0.4 is 5.32 Å². The molecular formula is C18H20ClF3N2O2. The Morgan fingerprint density at radius 1 is 1.27 bits per heavy atom. The minimum Gasteiger partial charge on any atom is -0.445 e. The monoisotopic (exact) mass is 388 g/mol. The van der Waals surface area contributed by atoms with Crippen molar-refractivity contribution < 1.29 is 22.4 Å². The van der Waals surface area contributed by atoms with Gasteiger partial charge in [0, 0.05) is 23.3 Å². The third-order valence-electron chi connectivity index (χ3n) is 3.67. The van der Waals surface area contributed by atoms with Gasteiger partial charge in [-0.05, 0) is 25.1 Å². The number of oxazole rings is 1. The number of aromatic nitrogens is 1. The van der Waals surface area contributed by atoms with Crippen LogP contribution in [0.25, 0.3) is 0 Å². The fourth-order valence-electron chi connectivity index (χ4n) is 2.28. The summed E-state index contributed by atoms with van der Waals surface area (Å²) >= 11 is 5.63. The van der Waals surface area contributed by atoms with Crippen LogP contribution in [0, 0.1) is 6.92 Å². The normalized spacial score (nSPS) is 12.3. The number of nitrogens with zero attached hydrogens (tertiary/aromatic N) is 1. The maximum Gasteiger partial charge on any atom is 0.418 e. The lowest BCUT2D eigenvalue weighted by atomic mass is 9.97. The summed E-state index contributed by atoms with van der Waals surface area (Å²) in [4.78, 5) is 16.4. The summed E-state index contributed by atoms with van der Waals surface area (Å²) in [7, 11) is 0. The number of anilines is 1. The van der Waals surface area contributed by atoms with E-state index < -0.39 is 17.6 Å². The zero-order valence-corrected chi connectivity index (χ0v) is 15.7. The highest BCUT2D eigenvalue weighted by Crippen LogP contribution is 2.36. The molecule has 1 amide bonds. The van der Waals surface area contributed by atoms with Crippen LogP contribution in [-0.2, 0) is 22.8 Å². The van der Waals surface area contributed by atoms with Crippen molar-refractivity contribution >= 4 is 23.2 Å². The average Bonchev–Trinajstić information content (AvgIpc) is 2.87. The summed E-state index contributed by atoms with van der Waals surface area (Å²) in [5, 5.41) is 2.24. The predicted molar refractivity (Wildman–Crippen MR) is 93.3 cm³/mol. The second-order valence-electron chi connectivity index (χ2n) is 7.01. The number of hydrogen-bond donors (Lipinski definition) is 1. The van der Waals surface area contributed by atoms with Crippen molar-refractivity contribution in [2.45, 2.75) is 52.1 Å². The number of carbonyl (C=O) groups excluding carboxylic acids is 1. The molecule has 0 aliphatic heterocycles. The number of nitrogens with one attached hydrogen (secondary N) is 1. The van der Waals surface area contributed by atoms with E-state index in [1.54, 1.807) is 6.92 Å². The molecule has 0 atom stereocenters. The molecule has 26 heavy (non-hydrogen) atoms. The molecule has 0 spiro atoms. The minimum atomic E-state index is -4.61. The van der Waals surface area contributed by atoms with E-state index in [-0.39, 0.29) is 29.0 Å². The van der Waals surface area contributed by atoms with E-state index in [2.05, 4.69) is 10.3 Å². The first kappa shape index (κ1) is 20.3. The lowest BCUT2D eigenvalue weighted by Crippen LogP contribution is -2.17. The van der Waals surface area contributed by atoms with Crippen LogP contribution in [0.5, 0.6) is 0 Å². The highest BCUT2D eigenvalue weighted by Gasteiger charge is 2.34. The van der Waals surface area contributed by atoms with Gasteiger partial charge >= 0.3 is 6.18 Å². The predicted octanol–water partition coefficient (Wildman–Crippen LogP) is 5.52. The van der Waals surface area contributed by atoms with Crippen molar-refractivity contribution in [2.24, 2.45) is 0 Å². The first-order valence-electron chi connectivity index (χ1n) is 8.01. The number of hydrogen-bond acceptors (Lipinski definition) is 3. The van der Waals surface area contributed by atoms with Gasteiger partial charge in [-0.3, -0.25) is 4.79 Å². The van der Waals surface area contributed by atoms with E-state index in [0.29, 0.717) is 17.3 Å². The van der Waals surface area contributed by atoms with Crippen molar-refractivity contribution in [1.29, 1.82) is 0 Å². The molecular weight excluding hydrogens is 369 g/mol. The number of alkyl halides is 3. The molecule has 0 saturated heterocycles. The summed E-state index contributed by atoms with van der Waals surface area (Å²) in [5.41, 5.74) is -0.901. The second kappa shape index (κ2) is 7.31. The van der Waals surface area contributed by atoms with Gasteiger partial charge in [0.2, 0.25) is 5.91 Å². The number of benzene rings is 1. The molecule has 8 heteroatoms. The van der Waals surface area contributed by atoms with Crippen molar-refractivity contribution in [1.82, 2.24) is 4.98 Å². The fraction of sp³-hybridized carbons (Fsp3) is 0.444. The summed E-state index contributed by atoms with van der Waals surface area (Å²) in [6.07, 6.45) is -4.40. The molecule has 0 unspecified atom stereocenters. The second-order valence-corrected chi connectivity index (χ2v) is 7.45. The Labute approximate surface area is 154 Å². The minimum absolute atomic E-state index is 0.0282. The first-order valence-corrected chi connectivity index (χ1v) is 8.39. The van der Waals surface area contributed by atoms with Gasteiger partial charge in [-0.2, -0.15) is 13.2 Å². The van der Waals surface area contributed by atoms with Gasteiger partial charge in [-0.25, -0.2) is 4.98 Å². The molecule has 0 radical (unpaired) electrons. The number of carbonyl (C=O) groups is 1. The average molecular weight is 389 g/mol. The van der Waals surface area contributed by atoms with E-state index >= 15 is 0 Å². The van der Waals surface area contributed by atoms with E-state index in [9.17, 15) is 18.0 Å². The Hall–Kier alpha value is -2.02. The molecule has 2 aromatic rings. The number of amides is 1. The quantitative estimate of drug-likeness (QED) is 0.749. The van der Waals surface area contributed by atoms with E-state index in [1.807, 2.05) is 20.8 Å². The molecule has 0 aliphatic carbocycles. The SMILES string of the molecule is Cc1nc(C(C)(C)C)oc1CCC(=O)Nc1ccc(Cl)cc1C(F)(F)F. The molecule has 0 aliphatic rings. The van der Waals surface area contributed by atoms with Gasteiger partial charge in [-0.15, -0.1) is 0 Å². The van der Waals surface area contributed by atoms with Crippen molar-refractivity contribution in [3.8, 4) is 0 Å². The van der Waals surface area contributed by atoms with Crippen LogP contribution in [0.3, 0.4) is 0 Å². The lowest BCUT2D eigenvalue weighted by molar-refractivity contribution is -0.137. The number of rotatable bonds is 4. The molecule has 0 fully saturated rings. The maximum atomic E-state index is 13.1. The summed E-state index contributed by atoms with van der Waals surface area (Å²) in [5.74, 6) is 0.561. The molecule has 2 rings (SSSR count). The standard InChI is InChI=1S/C18H20ClF3N2O2/c1-10-14(26-16(23-10)17(2,3)4)7-8-15(25)24-13-6-5-11(19)9-12(13)18(20,21)22/h5-6,9H,7-8H2,1-4H3,(H,24,25). The summed E-state index contributed by atoms with van der Waals surface area (Å²) in [6, 6.07) is 3.22. The number of halogens is 4. The topological polar surface area (TPSA) is 55.1 Å². The molecule has 1 heterocycles. The third-order valence-corrected chi connectivity index (χ3v) is 3.91. The van der Waals surface area contributed by atoms with Crippen molar-refractivity contribution in [3.63, 3.8) is 0 Å². The van der Waals surface area contributed by atoms with E-state index in [4.69, 9.17) is 16.0 Å². The molecule has 1 aromatic heterocycles. The Morgan fingerprint density at radius 2 is 1.92 bits per heavy atom. The van der Waals surface area contributed by atoms with Gasteiger partial charge in [0.25, 0.3) is 0 Å². The van der Waals surface area contributed by atoms with E-state index in [0.717, 1.165) is 12.1 Å². The summed E-state index contributed by atoms with van der Waals surface area (Å²) < 4.78 is 44.9. The zero-order chi connectivity index (χ0) is 19.7. The molecule has 1 aromatic carbocycles. The van der Waals surface area contributed by atoms with Gasteiger partial charge in [-0.1, -0.05) is 32.4 Å². The van der Waals surface area contributed by atoms with Crippen LogP contribution in [0.2, 0.25) is 5.02 Å². The molecule has 4 nitrogen and oxygen atoms in total. The fourth-order valence-corrected chi connectivity index (χ4v) is 2.45. The molecule has 1 N–H and O–H groups in total. The largest absolute Gasteiger partial charge is 0.445 e. The number of aryl methyl sites for hydroxylation is 2. The van der Waals surface area contributed by atoms with Gasteiger partial charge in [0.1, 0.15) is 5.76 Å². The Kier molecular flexibility index (Phi) is 5.70. The lowest BCUT2D eigenvalue weighted by Gasteiger charge is -2.14. The van der Waals surface area contributed by atoms with Crippen LogP contribution in [0.1, 0.15) is 50.1 Å². The van der Waals surface area contributed by atoms with Gasteiger partial charge in [0.05, 0.1) is 16.9 Å². The zero-order valence-electron chi connectivity index (χ0n) is 14.9. The molecule has 0 saturated carbocycles. The van der Waals surface area contributed by atoms with Crippen LogP contribution >= 0.6 is 11.6 Å². The van der Waals surface area contributed by atoms with Gasteiger partial charge < -0.3 is 9.73 Å². The maximum absolute atomic E-state index is 13.1. The molecule has 142 valence electrons. The van der Waals surface area contributed by atoms with Crippen LogP contribution in [0.4, 0.5) is 18.9 Å². The Morgan fingerprint density at radius 3 is 2.46 bits per heavy atom. The van der Waals surface area contributed by atoms with Crippen molar-refractivity contribution in [3.05, 3.63) is 46.1 Å². The first-order chi connectivity index (χ1) is 11.9. The Bertz CT molecular complexity index is 808. The highest BCUT2D eigenvalue weighted by atomic mass is 35.5. The highest BCUT2D eigenvalue weighted by molar-refractivity contribution is 6.30. The smallest absolute Gasteiger partial charge is 0.418 e. The summed E-state index contributed by atoms with van der Waals surface area (Å²) in [6.45, 7) is 7.63. The van der Waals surface area contributed by atoms with Gasteiger partial charge in [0.15, 0.2) is 5.89 Å². The van der Waals surface area contributed by atoms with Crippen LogP contribution in [0.15, 0.2) is 22.6 Å². The van der Waals surface area contributed by atoms with Crippen LogP contribution in [-0.4, -0.2) is 10.9 Å². The van der Waals surface area contributed by atoms with Crippen molar-refractivity contribution in [2.75, 3.05) is 5.32 Å². The molecule has 0 bridgehead atoms. The third kappa shape index (κ3) is 5.00. The van der Waals surface area contributed by atoms with E-state index in [1.165, 1.54) is 6.07 Å². The Balaban J connectivity index is 2.08.